The molecule has 0 spiro atoms. The molecular formula is C31H39N3O9. The van der Waals surface area contributed by atoms with Gasteiger partial charge in [0, 0.05) is 38.4 Å². The fraction of sp³-hybridized carbons (Fsp3) is 0.516. The topological polar surface area (TPSA) is 147 Å². The molecule has 2 atom stereocenters. The number of nitro benzene ring substituents is 1. The molecule has 4 rings (SSSR count). The summed E-state index contributed by atoms with van der Waals surface area (Å²) >= 11 is 0. The molecule has 2 aliphatic heterocycles. The maximum atomic E-state index is 13.7. The maximum absolute atomic E-state index is 13.7. The number of nitro groups is 1. The number of benzene rings is 2. The van der Waals surface area contributed by atoms with Crippen molar-refractivity contribution in [3.8, 4) is 0 Å². The Labute approximate surface area is 250 Å². The number of methoxy groups -OCH3 is 1. The normalized spacial score (nSPS) is 17.5. The van der Waals surface area contributed by atoms with E-state index in [1.807, 2.05) is 12.1 Å². The van der Waals surface area contributed by atoms with Gasteiger partial charge in [-0.1, -0.05) is 12.1 Å². The predicted molar refractivity (Wildman–Crippen MR) is 155 cm³/mol. The average molecular weight is 598 g/mol. The van der Waals surface area contributed by atoms with Crippen LogP contribution in [-0.4, -0.2) is 80.0 Å². The van der Waals surface area contributed by atoms with Crippen molar-refractivity contribution >= 4 is 23.7 Å². The van der Waals surface area contributed by atoms with E-state index in [0.717, 1.165) is 31.2 Å². The number of rotatable bonds is 11. The number of nitrogens with zero attached hydrogens (tertiary/aromatic N) is 2. The van der Waals surface area contributed by atoms with Crippen molar-refractivity contribution in [2.24, 2.45) is 5.92 Å². The number of alkyl carbamates (subject to hydrolysis) is 1. The number of likely N-dealkylation sites (tertiary alicyclic amines) is 1. The number of piperidine rings is 1. The minimum absolute atomic E-state index is 0.0589. The zero-order valence-electron chi connectivity index (χ0n) is 24.6. The van der Waals surface area contributed by atoms with Crippen LogP contribution in [0.15, 0.2) is 48.5 Å². The maximum Gasteiger partial charge on any atom is 0.408 e. The molecule has 0 aromatic heterocycles. The highest BCUT2D eigenvalue weighted by molar-refractivity contribution is 5.89. The summed E-state index contributed by atoms with van der Waals surface area (Å²) in [4.78, 5) is 50.4. The van der Waals surface area contributed by atoms with Gasteiger partial charge in [-0.3, -0.25) is 14.9 Å². The van der Waals surface area contributed by atoms with Gasteiger partial charge in [0.15, 0.2) is 0 Å². The van der Waals surface area contributed by atoms with Crippen molar-refractivity contribution in [3.05, 3.63) is 75.3 Å². The zero-order chi connectivity index (χ0) is 30.8. The van der Waals surface area contributed by atoms with Crippen molar-refractivity contribution < 1.29 is 38.3 Å². The van der Waals surface area contributed by atoms with Gasteiger partial charge in [0.1, 0.15) is 12.6 Å². The molecule has 2 aliphatic rings. The lowest BCUT2D eigenvalue weighted by Crippen LogP contribution is -2.55. The van der Waals surface area contributed by atoms with E-state index in [2.05, 4.69) is 5.32 Å². The number of ether oxygens (including phenoxy) is 4. The van der Waals surface area contributed by atoms with E-state index in [4.69, 9.17) is 18.9 Å². The van der Waals surface area contributed by atoms with Crippen molar-refractivity contribution in [1.82, 2.24) is 10.2 Å². The third-order valence-electron chi connectivity index (χ3n) is 8.07. The number of hydrogen-bond acceptors (Lipinski definition) is 9. The molecule has 1 N–H and O–H groups in total. The van der Waals surface area contributed by atoms with Gasteiger partial charge in [0.05, 0.1) is 30.3 Å². The smallest absolute Gasteiger partial charge is 0.408 e. The molecule has 12 nitrogen and oxygen atoms in total. The largest absolute Gasteiger partial charge is 0.465 e. The number of non-ortho nitro benzene ring substituents is 1. The molecule has 0 radical (unpaired) electrons. The van der Waals surface area contributed by atoms with Crippen LogP contribution < -0.4 is 5.32 Å². The molecule has 0 unspecified atom stereocenters. The molecule has 0 bridgehead atoms. The Morgan fingerprint density at radius 2 is 1.67 bits per heavy atom. The molecule has 2 aromatic carbocycles. The Morgan fingerprint density at radius 1 is 1.02 bits per heavy atom. The fourth-order valence-electron chi connectivity index (χ4n) is 5.35. The molecule has 0 aliphatic carbocycles. The summed E-state index contributed by atoms with van der Waals surface area (Å²) in [5, 5.41) is 13.6. The lowest BCUT2D eigenvalue weighted by molar-refractivity contribution is -0.384. The van der Waals surface area contributed by atoms with Crippen LogP contribution >= 0.6 is 0 Å². The summed E-state index contributed by atoms with van der Waals surface area (Å²) in [6, 6.07) is 12.1. The second-order valence-electron chi connectivity index (χ2n) is 10.9. The average Bonchev–Trinajstić information content (AvgIpc) is 3.05. The van der Waals surface area contributed by atoms with Crippen LogP contribution in [0.2, 0.25) is 0 Å². The first kappa shape index (κ1) is 31.9. The van der Waals surface area contributed by atoms with E-state index in [-0.39, 0.29) is 30.1 Å². The number of carbonyl (C=O) groups excluding carboxylic acids is 3. The van der Waals surface area contributed by atoms with Gasteiger partial charge < -0.3 is 29.2 Å². The fourth-order valence-corrected chi connectivity index (χ4v) is 5.35. The zero-order valence-corrected chi connectivity index (χ0v) is 24.6. The Hall–Kier alpha value is -4.03. The molecule has 232 valence electrons. The third kappa shape index (κ3) is 8.98. The number of amides is 2. The Morgan fingerprint density at radius 3 is 2.28 bits per heavy atom. The molecule has 2 aromatic rings. The molecule has 2 heterocycles. The summed E-state index contributed by atoms with van der Waals surface area (Å²) in [6.07, 6.45) is 1.84. The molecule has 2 saturated heterocycles. The first-order valence-electron chi connectivity index (χ1n) is 14.6. The number of hydrogen-bond donors (Lipinski definition) is 1. The minimum atomic E-state index is -0.958. The van der Waals surface area contributed by atoms with Crippen LogP contribution in [0.3, 0.4) is 0 Å². The second-order valence-corrected chi connectivity index (χ2v) is 10.9. The van der Waals surface area contributed by atoms with Gasteiger partial charge in [0.25, 0.3) is 5.69 Å². The molecular weight excluding hydrogens is 558 g/mol. The van der Waals surface area contributed by atoms with Crippen LogP contribution in [0.4, 0.5) is 10.5 Å². The van der Waals surface area contributed by atoms with E-state index in [1.54, 1.807) is 24.0 Å². The van der Waals surface area contributed by atoms with Crippen LogP contribution in [0, 0.1) is 16.0 Å². The number of carbonyl (C=O) groups is 3. The van der Waals surface area contributed by atoms with Crippen molar-refractivity contribution in [1.29, 1.82) is 0 Å². The van der Waals surface area contributed by atoms with Crippen LogP contribution in [-0.2, 0) is 30.3 Å². The lowest BCUT2D eigenvalue weighted by Gasteiger charge is -2.36. The lowest BCUT2D eigenvalue weighted by atomic mass is 9.88. The second kappa shape index (κ2) is 15.4. The Kier molecular flexibility index (Phi) is 11.5. The summed E-state index contributed by atoms with van der Waals surface area (Å²) in [7, 11) is 1.35. The quantitative estimate of drug-likeness (QED) is 0.229. The first-order chi connectivity index (χ1) is 20.7. The monoisotopic (exact) mass is 597 g/mol. The van der Waals surface area contributed by atoms with Gasteiger partial charge in [-0.15, -0.1) is 0 Å². The predicted octanol–water partition coefficient (Wildman–Crippen LogP) is 4.21. The van der Waals surface area contributed by atoms with Crippen LogP contribution in [0.1, 0.15) is 60.0 Å². The molecule has 2 fully saturated rings. The summed E-state index contributed by atoms with van der Waals surface area (Å²) in [6.45, 7) is 4.49. The van der Waals surface area contributed by atoms with Crippen molar-refractivity contribution in [2.75, 3.05) is 40.0 Å². The number of esters is 1. The van der Waals surface area contributed by atoms with Gasteiger partial charge in [-0.05, 0) is 79.8 Å². The summed E-state index contributed by atoms with van der Waals surface area (Å²) in [5.74, 6) is -0.0745. The van der Waals surface area contributed by atoms with E-state index < -0.39 is 23.2 Å². The highest BCUT2D eigenvalue weighted by atomic mass is 16.6. The molecule has 12 heteroatoms. The van der Waals surface area contributed by atoms with E-state index in [0.29, 0.717) is 50.0 Å². The van der Waals surface area contributed by atoms with Gasteiger partial charge in [-0.2, -0.15) is 0 Å². The SMILES string of the molecule is COC(=O)c1ccc(C2CCN(C(=O)[C@@H](NC(=O)OCc3ccc([N+](=O)[O-])cc3)[C@@H](C)OCC3CCOCC3)CC2)cc1. The Balaban J connectivity index is 1.36. The van der Waals surface area contributed by atoms with E-state index in [1.165, 1.54) is 31.4 Å². The van der Waals surface area contributed by atoms with Gasteiger partial charge >= 0.3 is 12.1 Å². The summed E-state index contributed by atoms with van der Waals surface area (Å²) < 4.78 is 21.7. The van der Waals surface area contributed by atoms with Crippen molar-refractivity contribution in [3.63, 3.8) is 0 Å². The van der Waals surface area contributed by atoms with Gasteiger partial charge in [-0.25, -0.2) is 9.59 Å². The van der Waals surface area contributed by atoms with Crippen molar-refractivity contribution in [2.45, 2.75) is 57.3 Å². The minimum Gasteiger partial charge on any atom is -0.465 e. The molecule has 0 saturated carbocycles. The Bertz CT molecular complexity index is 1240. The standard InChI is InChI=1S/C31H39N3O9/c1-21(42-19-23-13-17-41-18-14-23)28(32-31(37)43-20-22-3-9-27(10-4-22)34(38)39)29(35)33-15-11-25(12-16-33)24-5-7-26(8-6-24)30(36)40-2/h3-10,21,23,25,28H,11-20H2,1-2H3,(H,32,37)/t21-,28+/m1/s1. The molecule has 2 amide bonds. The third-order valence-corrected chi connectivity index (χ3v) is 8.07. The number of nitrogens with one attached hydrogen (secondary N) is 1. The summed E-state index contributed by atoms with van der Waals surface area (Å²) in [5.41, 5.74) is 2.10. The van der Waals surface area contributed by atoms with Gasteiger partial charge in [0.2, 0.25) is 5.91 Å². The van der Waals surface area contributed by atoms with E-state index in [9.17, 15) is 24.5 Å². The highest BCUT2D eigenvalue weighted by Crippen LogP contribution is 2.29. The first-order valence-corrected chi connectivity index (χ1v) is 14.6. The molecule has 43 heavy (non-hydrogen) atoms. The highest BCUT2D eigenvalue weighted by Gasteiger charge is 2.34. The van der Waals surface area contributed by atoms with E-state index >= 15 is 0 Å². The van der Waals surface area contributed by atoms with Crippen LogP contribution in [0.25, 0.3) is 0 Å². The van der Waals surface area contributed by atoms with Crippen LogP contribution in [0.5, 0.6) is 0 Å².